The molecule has 0 unspecified atom stereocenters. The second kappa shape index (κ2) is 15.4. The molecule has 4 aliphatic rings. The fourth-order valence-electron chi connectivity index (χ4n) is 6.97. The van der Waals surface area contributed by atoms with Crippen LogP contribution in [0.5, 0.6) is 5.88 Å². The van der Waals surface area contributed by atoms with Gasteiger partial charge in [-0.15, -0.1) is 6.58 Å². The number of sulfonamides is 1. The summed E-state index contributed by atoms with van der Waals surface area (Å²) in [5.41, 5.74) is -1.32. The molecule has 3 saturated carbocycles. The predicted octanol–water partition coefficient (Wildman–Crippen LogP) is 4.59. The van der Waals surface area contributed by atoms with Crippen LogP contribution in [0.3, 0.4) is 0 Å². The molecule has 17 heteroatoms. The zero-order valence-corrected chi connectivity index (χ0v) is 31.6. The monoisotopic (exact) mass is 775 g/mol. The van der Waals surface area contributed by atoms with Crippen molar-refractivity contribution in [1.29, 1.82) is 0 Å². The molecule has 0 spiro atoms. The molecule has 1 aromatic carbocycles. The first kappa shape index (κ1) is 38.7. The number of nitrogens with one attached hydrogen (secondary N) is 4. The first-order valence-electron chi connectivity index (χ1n) is 18.0. The third-order valence-corrected chi connectivity index (χ3v) is 12.3. The smallest absolute Gasteiger partial charge is 0.408 e. The van der Waals surface area contributed by atoms with Crippen molar-refractivity contribution in [1.82, 2.24) is 30.2 Å². The summed E-state index contributed by atoms with van der Waals surface area (Å²) in [6.45, 7) is 9.21. The number of anilines is 2. The average molecular weight is 776 g/mol. The zero-order valence-electron chi connectivity index (χ0n) is 30.1. The first-order chi connectivity index (χ1) is 25.0. The Morgan fingerprint density at radius 3 is 2.51 bits per heavy atom. The van der Waals surface area contributed by atoms with E-state index in [1.807, 2.05) is 0 Å². The summed E-state index contributed by atoms with van der Waals surface area (Å²) in [4.78, 5) is 51.7. The molecular formula is C36H47ClFN7O7S. The van der Waals surface area contributed by atoms with Gasteiger partial charge in [-0.1, -0.05) is 44.5 Å². The largest absolute Gasteiger partial charge is 0.472 e. The Kier molecular flexibility index (Phi) is 11.2. The first-order valence-corrected chi connectivity index (χ1v) is 19.9. The Balaban J connectivity index is 1.23. The van der Waals surface area contributed by atoms with Crippen LogP contribution in [0, 0.1) is 17.2 Å². The van der Waals surface area contributed by atoms with Crippen molar-refractivity contribution in [2.45, 2.75) is 107 Å². The minimum Gasteiger partial charge on any atom is -0.472 e. The van der Waals surface area contributed by atoms with E-state index < -0.39 is 68.1 Å². The fraction of sp³-hybridized carbons (Fsp3) is 0.583. The second-order valence-corrected chi connectivity index (χ2v) is 17.9. The quantitative estimate of drug-likeness (QED) is 0.157. The van der Waals surface area contributed by atoms with Crippen molar-refractivity contribution >= 4 is 51.2 Å². The molecule has 3 amide bonds. The lowest BCUT2D eigenvalue weighted by Crippen LogP contribution is -2.59. The maximum atomic E-state index is 14.5. The van der Waals surface area contributed by atoms with Gasteiger partial charge < -0.3 is 30.3 Å². The molecule has 1 saturated heterocycles. The van der Waals surface area contributed by atoms with Gasteiger partial charge in [-0.3, -0.25) is 9.59 Å². The van der Waals surface area contributed by atoms with Crippen molar-refractivity contribution in [3.8, 4) is 5.88 Å². The third kappa shape index (κ3) is 9.57. The van der Waals surface area contributed by atoms with Crippen molar-refractivity contribution in [3.05, 3.63) is 54.0 Å². The summed E-state index contributed by atoms with van der Waals surface area (Å²) in [5, 5.41) is 8.31. The van der Waals surface area contributed by atoms with Crippen molar-refractivity contribution < 1.29 is 36.7 Å². The normalized spacial score (nSPS) is 25.0. The maximum absolute atomic E-state index is 14.5. The second-order valence-electron chi connectivity index (χ2n) is 15.5. The third-order valence-electron chi connectivity index (χ3n) is 10.2. The number of nitrogens with zero attached hydrogens (tertiary/aromatic N) is 3. The van der Waals surface area contributed by atoms with Gasteiger partial charge in [-0.2, -0.15) is 4.98 Å². The minimum atomic E-state index is -3.53. The molecule has 1 aromatic heterocycles. The number of ether oxygens (including phenoxy) is 2. The van der Waals surface area contributed by atoms with Crippen LogP contribution in [0.25, 0.3) is 0 Å². The topological polar surface area (TPSA) is 181 Å². The molecule has 1 aliphatic heterocycles. The highest BCUT2D eigenvalue weighted by Crippen LogP contribution is 2.45. The summed E-state index contributed by atoms with van der Waals surface area (Å²) in [7, 11) is -3.53. The van der Waals surface area contributed by atoms with Crippen molar-refractivity contribution in [2.75, 3.05) is 18.4 Å². The maximum Gasteiger partial charge on any atom is 0.408 e. The highest BCUT2D eigenvalue weighted by atomic mass is 35.5. The summed E-state index contributed by atoms with van der Waals surface area (Å²) in [6.07, 6.45) is 5.12. The van der Waals surface area contributed by atoms with E-state index in [1.165, 1.54) is 29.2 Å². The highest BCUT2D eigenvalue weighted by molar-refractivity contribution is 7.90. The van der Waals surface area contributed by atoms with Crippen LogP contribution in [-0.2, 0) is 24.3 Å². The molecule has 4 N–H and O–H groups in total. The Bertz CT molecular complexity index is 1840. The number of aromatic nitrogens is 2. The SMILES string of the molecule is C=C[C@@H]1C[C@@]1(CNS(=O)(=O)C1CC1)NC(=O)[C@@H]1C[C@@H](Oc2cc(Cl)nc(Nc3cccc(F)c3)n2)CN1C(=O)[C@@H](NC(=O)OC1CCCC1)C(C)(C)C. The minimum absolute atomic E-state index is 0.0193. The van der Waals surface area contributed by atoms with E-state index in [2.05, 4.69) is 37.2 Å². The molecule has 6 rings (SSSR count). The molecule has 53 heavy (non-hydrogen) atoms. The van der Waals surface area contributed by atoms with Gasteiger partial charge in [0.05, 0.1) is 17.3 Å². The molecule has 288 valence electrons. The van der Waals surface area contributed by atoms with Gasteiger partial charge in [0, 0.05) is 30.6 Å². The van der Waals surface area contributed by atoms with Gasteiger partial charge in [0.25, 0.3) is 0 Å². The standard InChI is InChI=1S/C36H47ClFN7O7S/c1-5-21-18-36(21,20-39-53(49,50)26-13-14-26)44-31(46)27-16-25(51-29-17-28(37)41-33(42-29)40-23-10-8-9-22(38)15-23)19-45(27)32(47)30(35(2,3)4)43-34(48)52-24-11-6-7-12-24/h5,8-10,15,17,21,24-27,30,39H,1,6-7,11-14,16,18-20H2,2-4H3,(H,43,48)(H,44,46)(H,40,41,42)/t21-,25-,27+,30-,36+/m1/s1. The number of halogens is 2. The number of benzene rings is 1. The average Bonchev–Trinajstić information content (AvgIpc) is 3.95. The van der Waals surface area contributed by atoms with Crippen LogP contribution in [0.2, 0.25) is 5.15 Å². The van der Waals surface area contributed by atoms with E-state index in [-0.39, 0.29) is 48.5 Å². The summed E-state index contributed by atoms with van der Waals surface area (Å²) in [5.74, 6) is -1.58. The van der Waals surface area contributed by atoms with Crippen LogP contribution in [-0.4, -0.2) is 89.4 Å². The van der Waals surface area contributed by atoms with Crippen LogP contribution < -0.4 is 25.4 Å². The molecule has 2 aromatic rings. The zero-order chi connectivity index (χ0) is 38.1. The highest BCUT2D eigenvalue weighted by Gasteiger charge is 2.56. The lowest BCUT2D eigenvalue weighted by Gasteiger charge is -2.35. The van der Waals surface area contributed by atoms with Crippen LogP contribution in [0.4, 0.5) is 20.8 Å². The molecule has 5 atom stereocenters. The molecular weight excluding hydrogens is 729 g/mol. The number of likely N-dealkylation sites (tertiary alicyclic amines) is 1. The number of hydrogen-bond acceptors (Lipinski definition) is 10. The van der Waals surface area contributed by atoms with Gasteiger partial charge in [0.1, 0.15) is 35.3 Å². The summed E-state index contributed by atoms with van der Waals surface area (Å²) in [6, 6.07) is 4.97. The predicted molar refractivity (Wildman–Crippen MR) is 195 cm³/mol. The summed E-state index contributed by atoms with van der Waals surface area (Å²) >= 11 is 6.30. The van der Waals surface area contributed by atoms with Crippen LogP contribution in [0.15, 0.2) is 43.0 Å². The molecule has 0 bridgehead atoms. The van der Waals surface area contributed by atoms with Gasteiger partial charge in [0.2, 0.25) is 33.7 Å². The number of carbonyl (C=O) groups excluding carboxylic acids is 3. The van der Waals surface area contributed by atoms with E-state index in [0.29, 0.717) is 24.9 Å². The van der Waals surface area contributed by atoms with E-state index >= 15 is 0 Å². The summed E-state index contributed by atoms with van der Waals surface area (Å²) < 4.78 is 53.7. The van der Waals surface area contributed by atoms with E-state index in [9.17, 15) is 27.2 Å². The number of amides is 3. The molecule has 3 aliphatic carbocycles. The fourth-order valence-corrected chi connectivity index (χ4v) is 8.59. The van der Waals surface area contributed by atoms with Crippen molar-refractivity contribution in [3.63, 3.8) is 0 Å². The molecule has 0 radical (unpaired) electrons. The van der Waals surface area contributed by atoms with E-state index in [4.69, 9.17) is 21.1 Å². The number of alkyl carbamates (subject to hydrolysis) is 1. The van der Waals surface area contributed by atoms with Gasteiger partial charge in [-0.25, -0.2) is 27.3 Å². The van der Waals surface area contributed by atoms with Crippen LogP contribution >= 0.6 is 11.6 Å². The Morgan fingerprint density at radius 2 is 1.87 bits per heavy atom. The van der Waals surface area contributed by atoms with Gasteiger partial charge in [0.15, 0.2) is 0 Å². The molecule has 14 nitrogen and oxygen atoms in total. The van der Waals surface area contributed by atoms with Gasteiger partial charge in [-0.05, 0) is 68.6 Å². The number of rotatable bonds is 14. The Hall–Kier alpha value is -4.02. The number of carbonyl (C=O) groups is 3. The Morgan fingerprint density at radius 1 is 1.13 bits per heavy atom. The lowest BCUT2D eigenvalue weighted by molar-refractivity contribution is -0.142. The van der Waals surface area contributed by atoms with E-state index in [1.54, 1.807) is 32.9 Å². The number of hydrogen-bond donors (Lipinski definition) is 4. The van der Waals surface area contributed by atoms with Crippen LogP contribution in [0.1, 0.15) is 72.1 Å². The van der Waals surface area contributed by atoms with E-state index in [0.717, 1.165) is 25.7 Å². The van der Waals surface area contributed by atoms with Gasteiger partial charge >= 0.3 is 6.09 Å². The van der Waals surface area contributed by atoms with Crippen molar-refractivity contribution in [2.24, 2.45) is 11.3 Å². The lowest BCUT2D eigenvalue weighted by atomic mass is 9.85. The Labute approximate surface area is 314 Å². The molecule has 4 fully saturated rings. The molecule has 2 heterocycles.